The summed E-state index contributed by atoms with van der Waals surface area (Å²) in [6.45, 7) is 6.90. The summed E-state index contributed by atoms with van der Waals surface area (Å²) in [5, 5.41) is 0.673. The molecule has 1 fully saturated rings. The average molecular weight is 422 g/mol. The van der Waals surface area contributed by atoms with Crippen molar-refractivity contribution in [3.63, 3.8) is 0 Å². The highest BCUT2D eigenvalue weighted by Gasteiger charge is 2.14. The summed E-state index contributed by atoms with van der Waals surface area (Å²) in [6.07, 6.45) is 1.77. The number of nitrogens with two attached hydrogens (primary N) is 1. The van der Waals surface area contributed by atoms with Crippen LogP contribution >= 0.6 is 11.6 Å². The quantitative estimate of drug-likeness (QED) is 0.642. The van der Waals surface area contributed by atoms with Gasteiger partial charge in [-0.25, -0.2) is 4.98 Å². The van der Waals surface area contributed by atoms with Crippen LogP contribution < -0.4 is 10.5 Å². The van der Waals surface area contributed by atoms with E-state index in [2.05, 4.69) is 52.6 Å². The van der Waals surface area contributed by atoms with E-state index < -0.39 is 0 Å². The van der Waals surface area contributed by atoms with Crippen molar-refractivity contribution in [1.29, 1.82) is 0 Å². The fourth-order valence-electron chi connectivity index (χ4n) is 3.42. The van der Waals surface area contributed by atoms with Gasteiger partial charge in [-0.15, -0.1) is 0 Å². The van der Waals surface area contributed by atoms with Crippen molar-refractivity contribution in [2.45, 2.75) is 6.61 Å². The molecule has 0 spiro atoms. The summed E-state index contributed by atoms with van der Waals surface area (Å²) in [7, 11) is 2.17. The molecule has 0 bridgehead atoms. The van der Waals surface area contributed by atoms with Gasteiger partial charge in [0, 0.05) is 48.5 Å². The van der Waals surface area contributed by atoms with Gasteiger partial charge >= 0.3 is 0 Å². The van der Waals surface area contributed by atoms with Crippen LogP contribution in [-0.4, -0.2) is 48.0 Å². The Bertz CT molecular complexity index is 985. The number of halogens is 1. The molecule has 0 aliphatic carbocycles. The van der Waals surface area contributed by atoms with E-state index in [1.54, 1.807) is 6.20 Å². The van der Waals surface area contributed by atoms with Gasteiger partial charge in [0.05, 0.1) is 6.54 Å². The zero-order valence-electron chi connectivity index (χ0n) is 17.1. The molecule has 5 nitrogen and oxygen atoms in total. The molecule has 2 heterocycles. The number of pyridine rings is 1. The number of benzene rings is 2. The van der Waals surface area contributed by atoms with Gasteiger partial charge < -0.3 is 15.4 Å². The van der Waals surface area contributed by atoms with Crippen LogP contribution in [0.2, 0.25) is 5.02 Å². The van der Waals surface area contributed by atoms with Crippen LogP contribution in [0.4, 0.5) is 5.82 Å². The lowest BCUT2D eigenvalue weighted by Gasteiger charge is -2.32. The molecule has 0 saturated carbocycles. The fourth-order valence-corrected chi connectivity index (χ4v) is 3.61. The lowest BCUT2D eigenvalue weighted by Crippen LogP contribution is -2.43. The Labute approximate surface area is 183 Å². The van der Waals surface area contributed by atoms with Crippen molar-refractivity contribution in [1.82, 2.24) is 14.8 Å². The highest BCUT2D eigenvalue weighted by molar-refractivity contribution is 6.31. The second-order valence-corrected chi connectivity index (χ2v) is 7.99. The molecule has 1 aliphatic rings. The zero-order chi connectivity index (χ0) is 20.9. The van der Waals surface area contributed by atoms with Crippen LogP contribution in [-0.2, 0) is 6.61 Å². The molecule has 30 heavy (non-hydrogen) atoms. The summed E-state index contributed by atoms with van der Waals surface area (Å²) >= 11 is 6.21. The van der Waals surface area contributed by atoms with Gasteiger partial charge in [0.1, 0.15) is 6.61 Å². The Morgan fingerprint density at radius 1 is 1.03 bits per heavy atom. The predicted molar refractivity (Wildman–Crippen MR) is 122 cm³/mol. The van der Waals surface area contributed by atoms with E-state index in [1.165, 1.54) is 5.56 Å². The van der Waals surface area contributed by atoms with Crippen molar-refractivity contribution in [3.05, 3.63) is 83.5 Å². The zero-order valence-corrected chi connectivity index (χ0v) is 17.8. The van der Waals surface area contributed by atoms with Crippen LogP contribution in [0.15, 0.2) is 60.8 Å². The predicted octanol–water partition coefficient (Wildman–Crippen LogP) is 4.32. The second kappa shape index (κ2) is 9.47. The van der Waals surface area contributed by atoms with E-state index in [1.807, 2.05) is 30.3 Å². The largest absolute Gasteiger partial charge is 0.485 e. The van der Waals surface area contributed by atoms with Gasteiger partial charge in [-0.3, -0.25) is 4.90 Å². The maximum Gasteiger partial charge on any atom is 0.166 e. The monoisotopic (exact) mass is 421 g/mol. The summed E-state index contributed by atoms with van der Waals surface area (Å²) in [5.41, 5.74) is 10.2. The minimum absolute atomic E-state index is 0.341. The third kappa shape index (κ3) is 5.11. The van der Waals surface area contributed by atoms with Crippen molar-refractivity contribution >= 4 is 17.4 Å². The maximum atomic E-state index is 6.21. The van der Waals surface area contributed by atoms with Gasteiger partial charge in [-0.2, -0.15) is 0 Å². The molecule has 1 radical (unpaired) electrons. The van der Waals surface area contributed by atoms with E-state index in [9.17, 15) is 0 Å². The standard InChI is InChI=1S/C24H26ClN4O/c1-28-10-12-29(13-11-28)16-18-6-8-19(9-7-18)21-14-23(24(26)27-15-21)30-17-20-4-2-3-5-22(20)25/h2-9,14-16H,10-13,17H2,1H3,(H2,26,27). The van der Waals surface area contributed by atoms with Crippen LogP contribution in [0.3, 0.4) is 0 Å². The molecule has 1 aliphatic heterocycles. The van der Waals surface area contributed by atoms with Crippen molar-refractivity contribution in [2.75, 3.05) is 39.0 Å². The maximum absolute atomic E-state index is 6.21. The minimum Gasteiger partial charge on any atom is -0.485 e. The molecule has 1 aromatic heterocycles. The number of rotatable bonds is 6. The van der Waals surface area contributed by atoms with E-state index in [0.717, 1.165) is 42.9 Å². The first-order chi connectivity index (χ1) is 14.6. The first-order valence-corrected chi connectivity index (χ1v) is 10.5. The second-order valence-electron chi connectivity index (χ2n) is 7.58. The highest BCUT2D eigenvalue weighted by atomic mass is 35.5. The minimum atomic E-state index is 0.341. The van der Waals surface area contributed by atoms with E-state index in [0.29, 0.717) is 23.2 Å². The van der Waals surface area contributed by atoms with E-state index in [4.69, 9.17) is 22.1 Å². The van der Waals surface area contributed by atoms with Gasteiger partial charge in [-0.1, -0.05) is 54.1 Å². The molecule has 3 aromatic rings. The molecular formula is C24H26ClN4O. The molecule has 0 atom stereocenters. The number of hydrogen-bond acceptors (Lipinski definition) is 5. The Balaban J connectivity index is 1.43. The molecule has 0 unspecified atom stereocenters. The molecule has 4 rings (SSSR count). The molecule has 6 heteroatoms. The number of piperazine rings is 1. The van der Waals surface area contributed by atoms with E-state index >= 15 is 0 Å². The van der Waals surface area contributed by atoms with Gasteiger partial charge in [0.25, 0.3) is 0 Å². The molecule has 0 amide bonds. The number of hydrogen-bond donors (Lipinski definition) is 1. The van der Waals surface area contributed by atoms with Crippen LogP contribution in [0.5, 0.6) is 5.75 Å². The lowest BCUT2D eigenvalue weighted by atomic mass is 10.0. The SMILES string of the molecule is CN1CCN([CH]c2ccc(-c3cnc(N)c(OCc4ccccc4Cl)c3)cc2)CC1. The third-order valence-electron chi connectivity index (χ3n) is 5.34. The van der Waals surface area contributed by atoms with Crippen molar-refractivity contribution < 1.29 is 4.74 Å². The lowest BCUT2D eigenvalue weighted by molar-refractivity contribution is 0.186. The molecular weight excluding hydrogens is 396 g/mol. The smallest absolute Gasteiger partial charge is 0.166 e. The summed E-state index contributed by atoms with van der Waals surface area (Å²) in [6, 6.07) is 18.0. The molecule has 155 valence electrons. The molecule has 1 saturated heterocycles. The van der Waals surface area contributed by atoms with Crippen LogP contribution in [0.25, 0.3) is 11.1 Å². The topological polar surface area (TPSA) is 54.6 Å². The van der Waals surface area contributed by atoms with Crippen molar-refractivity contribution in [3.8, 4) is 16.9 Å². The Hall–Kier alpha value is -2.60. The highest BCUT2D eigenvalue weighted by Crippen LogP contribution is 2.29. The third-order valence-corrected chi connectivity index (χ3v) is 5.71. The summed E-state index contributed by atoms with van der Waals surface area (Å²) in [4.78, 5) is 9.04. The summed E-state index contributed by atoms with van der Waals surface area (Å²) in [5.74, 6) is 0.923. The Kier molecular flexibility index (Phi) is 6.53. The number of anilines is 1. The van der Waals surface area contributed by atoms with Crippen molar-refractivity contribution in [2.24, 2.45) is 0 Å². The number of likely N-dealkylation sites (N-methyl/N-ethyl adjacent to an activating group) is 1. The summed E-state index contributed by atoms with van der Waals surface area (Å²) < 4.78 is 5.91. The number of aromatic nitrogens is 1. The first kappa shape index (κ1) is 20.7. The van der Waals surface area contributed by atoms with Crippen LogP contribution in [0, 0.1) is 6.54 Å². The first-order valence-electron chi connectivity index (χ1n) is 10.1. The van der Waals surface area contributed by atoms with Crippen LogP contribution in [0.1, 0.15) is 11.1 Å². The fraction of sp³-hybridized carbons (Fsp3) is 0.250. The number of nitrogens with zero attached hydrogens (tertiary/aromatic N) is 3. The number of ether oxygens (including phenoxy) is 1. The van der Waals surface area contributed by atoms with Gasteiger partial charge in [0.15, 0.2) is 11.6 Å². The number of nitrogen functional groups attached to an aromatic ring is 1. The normalized spacial score (nSPS) is 15.3. The Morgan fingerprint density at radius 3 is 2.50 bits per heavy atom. The molecule has 2 N–H and O–H groups in total. The van der Waals surface area contributed by atoms with Gasteiger partial charge in [0.2, 0.25) is 0 Å². The Morgan fingerprint density at radius 2 is 1.77 bits per heavy atom. The molecule has 2 aromatic carbocycles. The van der Waals surface area contributed by atoms with Gasteiger partial charge in [-0.05, 0) is 30.3 Å². The average Bonchev–Trinajstić information content (AvgIpc) is 2.76. The van der Waals surface area contributed by atoms with E-state index in [-0.39, 0.29) is 0 Å².